The Morgan fingerprint density at radius 2 is 2.57 bits per heavy atom. The molecule has 0 amide bonds. The van der Waals surface area contributed by atoms with Crippen molar-refractivity contribution in [1.29, 1.82) is 5.26 Å². The summed E-state index contributed by atoms with van der Waals surface area (Å²) in [5.41, 5.74) is 0. The number of aliphatic hydroxyl groups excluding tert-OH is 1. The van der Waals surface area contributed by atoms with Gasteiger partial charge in [0.05, 0.1) is 25.4 Å². The molecule has 0 aromatic heterocycles. The molecule has 80 valence electrons. The van der Waals surface area contributed by atoms with Crippen LogP contribution in [0.2, 0.25) is 0 Å². The van der Waals surface area contributed by atoms with E-state index in [4.69, 9.17) is 14.7 Å². The highest BCUT2D eigenvalue weighted by molar-refractivity contribution is 4.89. The summed E-state index contributed by atoms with van der Waals surface area (Å²) < 4.78 is 10.0. The molecule has 5 nitrogen and oxygen atoms in total. The number of nitrogens with zero attached hydrogens (tertiary/aromatic N) is 2. The molecule has 0 bridgehead atoms. The van der Waals surface area contributed by atoms with Gasteiger partial charge in [0.2, 0.25) is 0 Å². The molecular weight excluding hydrogens is 184 g/mol. The third-order valence-corrected chi connectivity index (χ3v) is 2.12. The Morgan fingerprint density at radius 1 is 1.79 bits per heavy atom. The Kier molecular flexibility index (Phi) is 4.84. The van der Waals surface area contributed by atoms with Gasteiger partial charge in [-0.05, 0) is 0 Å². The Bertz CT molecular complexity index is 205. The van der Waals surface area contributed by atoms with Crippen LogP contribution in [-0.2, 0) is 9.47 Å². The number of methoxy groups -OCH3 is 1. The van der Waals surface area contributed by atoms with Gasteiger partial charge < -0.3 is 14.6 Å². The Balaban J connectivity index is 2.27. The fraction of sp³-hybridized carbons (Fsp3) is 0.889. The van der Waals surface area contributed by atoms with Crippen molar-refractivity contribution in [3.8, 4) is 6.07 Å². The topological polar surface area (TPSA) is 65.7 Å². The van der Waals surface area contributed by atoms with Crippen LogP contribution in [0.15, 0.2) is 0 Å². The maximum absolute atomic E-state index is 9.47. The Labute approximate surface area is 83.8 Å². The van der Waals surface area contributed by atoms with Crippen molar-refractivity contribution in [3.63, 3.8) is 0 Å². The van der Waals surface area contributed by atoms with Gasteiger partial charge in [0.25, 0.3) is 0 Å². The van der Waals surface area contributed by atoms with Crippen LogP contribution in [-0.4, -0.2) is 62.2 Å². The van der Waals surface area contributed by atoms with Crippen LogP contribution in [0.25, 0.3) is 0 Å². The van der Waals surface area contributed by atoms with E-state index in [1.807, 2.05) is 4.90 Å². The number of hydrogen-bond donors (Lipinski definition) is 1. The summed E-state index contributed by atoms with van der Waals surface area (Å²) in [4.78, 5) is 2.01. The number of aliphatic hydroxyl groups is 1. The van der Waals surface area contributed by atoms with Crippen molar-refractivity contribution in [1.82, 2.24) is 4.90 Å². The molecule has 5 heteroatoms. The lowest BCUT2D eigenvalue weighted by molar-refractivity contribution is -0.0273. The van der Waals surface area contributed by atoms with E-state index >= 15 is 0 Å². The molecule has 0 spiro atoms. The van der Waals surface area contributed by atoms with E-state index < -0.39 is 6.10 Å². The minimum absolute atomic E-state index is 0.328. The summed E-state index contributed by atoms with van der Waals surface area (Å²) in [5, 5.41) is 18.1. The van der Waals surface area contributed by atoms with Gasteiger partial charge >= 0.3 is 0 Å². The summed E-state index contributed by atoms with van der Waals surface area (Å²) >= 11 is 0. The van der Waals surface area contributed by atoms with Crippen molar-refractivity contribution in [2.45, 2.75) is 12.2 Å². The lowest BCUT2D eigenvalue weighted by Gasteiger charge is -2.30. The molecule has 1 aliphatic rings. The summed E-state index contributed by atoms with van der Waals surface area (Å²) in [6.45, 7) is 2.75. The number of β-amino-alcohol motifs (C(OH)–C–C–N with tert-alkyl or cyclic N) is 1. The second kappa shape index (κ2) is 5.94. The van der Waals surface area contributed by atoms with E-state index in [1.54, 1.807) is 7.11 Å². The van der Waals surface area contributed by atoms with Gasteiger partial charge in [0, 0.05) is 26.7 Å². The second-order valence-electron chi connectivity index (χ2n) is 3.36. The first-order valence-electron chi connectivity index (χ1n) is 4.67. The van der Waals surface area contributed by atoms with Crippen LogP contribution in [0.1, 0.15) is 0 Å². The maximum atomic E-state index is 9.47. The minimum atomic E-state index is -0.488. The molecule has 1 saturated heterocycles. The van der Waals surface area contributed by atoms with Gasteiger partial charge in [-0.2, -0.15) is 5.26 Å². The maximum Gasteiger partial charge on any atom is 0.156 e. The molecule has 1 fully saturated rings. The van der Waals surface area contributed by atoms with Gasteiger partial charge in [-0.25, -0.2) is 0 Å². The molecule has 1 aliphatic heterocycles. The predicted octanol–water partition coefficient (Wildman–Crippen LogP) is -0.782. The smallest absolute Gasteiger partial charge is 0.156 e. The van der Waals surface area contributed by atoms with Crippen LogP contribution in [0.3, 0.4) is 0 Å². The minimum Gasteiger partial charge on any atom is -0.389 e. The number of morpholine rings is 1. The SMILES string of the molecule is COCC(O)CN1CCOC(C#N)C1. The summed E-state index contributed by atoms with van der Waals surface area (Å²) in [5.74, 6) is 0. The van der Waals surface area contributed by atoms with Crippen molar-refractivity contribution in [3.05, 3.63) is 0 Å². The molecular formula is C9H16N2O3. The zero-order chi connectivity index (χ0) is 10.4. The first-order chi connectivity index (χ1) is 6.76. The third kappa shape index (κ3) is 3.60. The van der Waals surface area contributed by atoms with Crippen LogP contribution >= 0.6 is 0 Å². The molecule has 1 rings (SSSR count). The van der Waals surface area contributed by atoms with Crippen molar-refractivity contribution in [2.24, 2.45) is 0 Å². The number of nitriles is 1. The largest absolute Gasteiger partial charge is 0.389 e. The van der Waals surface area contributed by atoms with Crippen LogP contribution in [0.4, 0.5) is 0 Å². The molecule has 14 heavy (non-hydrogen) atoms. The number of hydrogen-bond acceptors (Lipinski definition) is 5. The zero-order valence-electron chi connectivity index (χ0n) is 8.35. The van der Waals surface area contributed by atoms with E-state index in [1.165, 1.54) is 0 Å². The Morgan fingerprint density at radius 3 is 3.21 bits per heavy atom. The van der Waals surface area contributed by atoms with Crippen molar-refractivity contribution < 1.29 is 14.6 Å². The number of ether oxygens (including phenoxy) is 2. The van der Waals surface area contributed by atoms with Gasteiger partial charge in [0.15, 0.2) is 6.10 Å². The van der Waals surface area contributed by atoms with E-state index in [2.05, 4.69) is 6.07 Å². The molecule has 2 unspecified atom stereocenters. The fourth-order valence-corrected chi connectivity index (χ4v) is 1.49. The monoisotopic (exact) mass is 200 g/mol. The number of rotatable bonds is 4. The fourth-order valence-electron chi connectivity index (χ4n) is 1.49. The molecule has 0 radical (unpaired) electrons. The highest BCUT2D eigenvalue weighted by Crippen LogP contribution is 2.04. The standard InChI is InChI=1S/C9H16N2O3/c1-13-7-8(12)5-11-2-3-14-9(4-10)6-11/h8-9,12H,2-3,5-7H2,1H3. The van der Waals surface area contributed by atoms with Gasteiger partial charge in [0.1, 0.15) is 0 Å². The zero-order valence-corrected chi connectivity index (χ0v) is 8.35. The van der Waals surface area contributed by atoms with Crippen molar-refractivity contribution in [2.75, 3.05) is 40.0 Å². The summed E-state index contributed by atoms with van der Waals surface area (Å²) in [6, 6.07) is 2.06. The van der Waals surface area contributed by atoms with Gasteiger partial charge in [-0.15, -0.1) is 0 Å². The molecule has 0 aromatic carbocycles. The quantitative estimate of drug-likeness (QED) is 0.644. The molecule has 1 N–H and O–H groups in total. The molecule has 2 atom stereocenters. The second-order valence-corrected chi connectivity index (χ2v) is 3.36. The lowest BCUT2D eigenvalue weighted by atomic mass is 10.2. The molecule has 0 saturated carbocycles. The van der Waals surface area contributed by atoms with Crippen molar-refractivity contribution >= 4 is 0 Å². The van der Waals surface area contributed by atoms with E-state index in [0.29, 0.717) is 26.3 Å². The van der Waals surface area contributed by atoms with Gasteiger partial charge in [-0.3, -0.25) is 4.90 Å². The highest BCUT2D eigenvalue weighted by atomic mass is 16.5. The summed E-state index contributed by atoms with van der Waals surface area (Å²) in [7, 11) is 1.56. The van der Waals surface area contributed by atoms with E-state index in [-0.39, 0.29) is 6.10 Å². The first kappa shape index (κ1) is 11.4. The normalized spacial score (nSPS) is 25.6. The van der Waals surface area contributed by atoms with Crippen LogP contribution in [0.5, 0.6) is 0 Å². The van der Waals surface area contributed by atoms with E-state index in [9.17, 15) is 5.11 Å². The Hall–Kier alpha value is -0.670. The predicted molar refractivity (Wildman–Crippen MR) is 49.7 cm³/mol. The molecule has 0 aromatic rings. The van der Waals surface area contributed by atoms with Gasteiger partial charge in [-0.1, -0.05) is 0 Å². The van der Waals surface area contributed by atoms with E-state index in [0.717, 1.165) is 6.54 Å². The summed E-state index contributed by atoms with van der Waals surface area (Å²) in [6.07, 6.45) is -0.851. The average molecular weight is 200 g/mol. The third-order valence-electron chi connectivity index (χ3n) is 2.12. The average Bonchev–Trinajstić information content (AvgIpc) is 2.18. The van der Waals surface area contributed by atoms with Crippen LogP contribution < -0.4 is 0 Å². The highest BCUT2D eigenvalue weighted by Gasteiger charge is 2.21. The molecule has 1 heterocycles. The van der Waals surface area contributed by atoms with Crippen LogP contribution in [0, 0.1) is 11.3 Å². The molecule has 0 aliphatic carbocycles. The first-order valence-corrected chi connectivity index (χ1v) is 4.67. The lowest BCUT2D eigenvalue weighted by Crippen LogP contribution is -2.45.